The highest BCUT2D eigenvalue weighted by Crippen LogP contribution is 2.13. The average Bonchev–Trinajstić information content (AvgIpc) is 2.50. The zero-order valence-corrected chi connectivity index (χ0v) is 12.8. The zero-order chi connectivity index (χ0) is 15.0. The van der Waals surface area contributed by atoms with Crippen LogP contribution in [0.5, 0.6) is 0 Å². The van der Waals surface area contributed by atoms with E-state index in [2.05, 4.69) is 4.72 Å². The fraction of sp³-hybridized carbons (Fsp3) is 0.250. The second-order valence-electron chi connectivity index (χ2n) is 4.23. The van der Waals surface area contributed by atoms with Gasteiger partial charge in [-0.25, -0.2) is 0 Å². The highest BCUT2D eigenvalue weighted by Gasteiger charge is 2.12. The Morgan fingerprint density at radius 3 is 2.45 bits per heavy atom. The molecule has 1 aromatic rings. The number of benzene rings is 1. The predicted octanol–water partition coefficient (Wildman–Crippen LogP) is 3.89. The molecule has 0 aliphatic heterocycles. The van der Waals surface area contributed by atoms with E-state index in [9.17, 15) is 9.59 Å². The molecule has 0 spiro atoms. The van der Waals surface area contributed by atoms with Crippen LogP contribution in [0.15, 0.2) is 53.6 Å². The first kappa shape index (κ1) is 16.2. The highest BCUT2D eigenvalue weighted by molar-refractivity contribution is 8.12. The Balaban J connectivity index is 2.69. The van der Waals surface area contributed by atoms with Crippen molar-refractivity contribution in [2.75, 3.05) is 0 Å². The molecule has 0 atom stereocenters. The molecule has 0 fully saturated rings. The van der Waals surface area contributed by atoms with Gasteiger partial charge in [-0.15, -0.1) is 0 Å². The van der Waals surface area contributed by atoms with Crippen LogP contribution >= 0.6 is 11.9 Å². The number of amides is 1. The van der Waals surface area contributed by atoms with Gasteiger partial charge in [0.1, 0.15) is 0 Å². The number of hydrogen-bond donors (Lipinski definition) is 1. The van der Waals surface area contributed by atoms with Crippen molar-refractivity contribution in [3.63, 3.8) is 0 Å². The fourth-order valence-corrected chi connectivity index (χ4v) is 2.10. The quantitative estimate of drug-likeness (QED) is 0.519. The molecule has 0 saturated carbocycles. The molecule has 0 unspecified atom stereocenters. The van der Waals surface area contributed by atoms with Crippen molar-refractivity contribution in [1.29, 1.82) is 0 Å². The molecule has 0 aliphatic rings. The van der Waals surface area contributed by atoms with Crippen molar-refractivity contribution < 1.29 is 9.59 Å². The van der Waals surface area contributed by atoms with Crippen molar-refractivity contribution in [2.24, 2.45) is 0 Å². The largest absolute Gasteiger partial charge is 0.289 e. The van der Waals surface area contributed by atoms with Crippen LogP contribution in [-0.2, 0) is 4.79 Å². The van der Waals surface area contributed by atoms with Crippen LogP contribution in [0.4, 0.5) is 0 Å². The lowest BCUT2D eigenvalue weighted by molar-refractivity contribution is -0.115. The second kappa shape index (κ2) is 8.38. The molecule has 4 heteroatoms. The minimum atomic E-state index is -0.239. The molecule has 1 rings (SSSR count). The summed E-state index contributed by atoms with van der Waals surface area (Å²) < 4.78 is 2.60. The molecule has 20 heavy (non-hydrogen) atoms. The van der Waals surface area contributed by atoms with Crippen molar-refractivity contribution in [3.8, 4) is 0 Å². The van der Waals surface area contributed by atoms with E-state index in [1.54, 1.807) is 30.3 Å². The van der Waals surface area contributed by atoms with Crippen molar-refractivity contribution >= 4 is 23.0 Å². The van der Waals surface area contributed by atoms with E-state index >= 15 is 0 Å². The summed E-state index contributed by atoms with van der Waals surface area (Å²) in [5.41, 5.74) is 2.18. The van der Waals surface area contributed by atoms with Gasteiger partial charge >= 0.3 is 0 Å². The summed E-state index contributed by atoms with van der Waals surface area (Å²) in [7, 11) is 0. The van der Waals surface area contributed by atoms with Crippen LogP contribution in [0.1, 0.15) is 37.6 Å². The van der Waals surface area contributed by atoms with Gasteiger partial charge in [0.05, 0.1) is 0 Å². The topological polar surface area (TPSA) is 46.2 Å². The molecule has 0 radical (unpaired) electrons. The van der Waals surface area contributed by atoms with Gasteiger partial charge in [0, 0.05) is 23.1 Å². The Morgan fingerprint density at radius 2 is 1.90 bits per heavy atom. The summed E-state index contributed by atoms with van der Waals surface area (Å²) in [5.74, 6) is -0.239. The van der Waals surface area contributed by atoms with Crippen LogP contribution in [-0.4, -0.2) is 11.0 Å². The number of carbonyl (C=O) groups is 2. The van der Waals surface area contributed by atoms with Gasteiger partial charge in [0.25, 0.3) is 5.91 Å². The highest BCUT2D eigenvalue weighted by atomic mass is 32.2. The van der Waals surface area contributed by atoms with Gasteiger partial charge in [0.15, 0.2) is 0 Å². The molecule has 0 heterocycles. The van der Waals surface area contributed by atoms with Gasteiger partial charge < -0.3 is 0 Å². The van der Waals surface area contributed by atoms with E-state index in [1.807, 2.05) is 32.9 Å². The Morgan fingerprint density at radius 1 is 1.25 bits per heavy atom. The summed E-state index contributed by atoms with van der Waals surface area (Å²) >= 11 is 0.813. The van der Waals surface area contributed by atoms with Gasteiger partial charge in [-0.1, -0.05) is 55.0 Å². The minimum Gasteiger partial charge on any atom is -0.289 e. The molecule has 0 aromatic heterocycles. The third-order valence-electron chi connectivity index (χ3n) is 2.81. The molecule has 1 N–H and O–H groups in total. The third-order valence-corrected chi connectivity index (χ3v) is 3.52. The molecule has 3 nitrogen and oxygen atoms in total. The monoisotopic (exact) mass is 289 g/mol. The molecule has 0 aliphatic carbocycles. The maximum atomic E-state index is 12.1. The van der Waals surface area contributed by atoms with E-state index < -0.39 is 0 Å². The van der Waals surface area contributed by atoms with Gasteiger partial charge in [0.2, 0.25) is 5.12 Å². The van der Waals surface area contributed by atoms with E-state index in [0.29, 0.717) is 11.1 Å². The summed E-state index contributed by atoms with van der Waals surface area (Å²) in [5, 5.41) is -0.173. The average molecular weight is 289 g/mol. The van der Waals surface area contributed by atoms with Crippen LogP contribution in [0.2, 0.25) is 0 Å². The standard InChI is InChI=1S/C16H19NO2S/c1-4-9-14(12(3)5-2)15(18)17-20-16(19)13-10-7-6-8-11-13/h4,6-11H,5H2,1-3H3,(H,17,18)/b9-4-,14-12+. The van der Waals surface area contributed by atoms with Crippen molar-refractivity contribution in [1.82, 2.24) is 4.72 Å². The summed E-state index contributed by atoms with van der Waals surface area (Å²) in [6, 6.07) is 8.88. The van der Waals surface area contributed by atoms with Crippen LogP contribution < -0.4 is 4.72 Å². The van der Waals surface area contributed by atoms with E-state index in [1.165, 1.54) is 0 Å². The first-order chi connectivity index (χ1) is 9.60. The van der Waals surface area contributed by atoms with Crippen molar-refractivity contribution in [3.05, 3.63) is 59.2 Å². The third kappa shape index (κ3) is 4.70. The molecular formula is C16H19NO2S. The zero-order valence-electron chi connectivity index (χ0n) is 12.0. The van der Waals surface area contributed by atoms with Crippen LogP contribution in [0.3, 0.4) is 0 Å². The lowest BCUT2D eigenvalue weighted by Gasteiger charge is -2.07. The molecule has 106 valence electrons. The smallest absolute Gasteiger partial charge is 0.261 e. The first-order valence-electron chi connectivity index (χ1n) is 6.49. The fourth-order valence-electron chi connectivity index (χ4n) is 1.55. The molecule has 0 saturated heterocycles. The maximum Gasteiger partial charge on any atom is 0.261 e. The molecular weight excluding hydrogens is 270 g/mol. The van der Waals surface area contributed by atoms with Crippen molar-refractivity contribution in [2.45, 2.75) is 27.2 Å². The van der Waals surface area contributed by atoms with Crippen LogP contribution in [0.25, 0.3) is 0 Å². The molecule has 1 amide bonds. The molecule has 1 aromatic carbocycles. The first-order valence-corrected chi connectivity index (χ1v) is 7.30. The summed E-state index contributed by atoms with van der Waals surface area (Å²) in [4.78, 5) is 24.0. The SMILES string of the molecule is C/C=C\C(C(=O)NSC(=O)c1ccccc1)=C(\C)CC. The Bertz CT molecular complexity index is 533. The normalized spacial score (nSPS) is 12.2. The Hall–Kier alpha value is -1.81. The van der Waals surface area contributed by atoms with Crippen LogP contribution in [0, 0.1) is 0 Å². The van der Waals surface area contributed by atoms with Gasteiger partial charge in [-0.2, -0.15) is 0 Å². The number of carbonyl (C=O) groups excluding carboxylic acids is 2. The second-order valence-corrected chi connectivity index (χ2v) is 5.01. The Kier molecular flexibility index (Phi) is 6.81. The Labute approximate surface area is 124 Å². The van der Waals surface area contributed by atoms with Gasteiger partial charge in [-0.05, 0) is 20.3 Å². The lowest BCUT2D eigenvalue weighted by atomic mass is 10.1. The van der Waals surface area contributed by atoms with E-state index in [4.69, 9.17) is 0 Å². The minimum absolute atomic E-state index is 0.173. The maximum absolute atomic E-state index is 12.1. The van der Waals surface area contributed by atoms with E-state index in [-0.39, 0.29) is 11.0 Å². The number of hydrogen-bond acceptors (Lipinski definition) is 3. The summed E-state index contributed by atoms with van der Waals surface area (Å²) in [6.45, 7) is 5.77. The number of nitrogens with one attached hydrogen (secondary N) is 1. The predicted molar refractivity (Wildman–Crippen MR) is 84.3 cm³/mol. The van der Waals surface area contributed by atoms with Gasteiger partial charge in [-0.3, -0.25) is 14.3 Å². The lowest BCUT2D eigenvalue weighted by Crippen LogP contribution is -2.20. The van der Waals surface area contributed by atoms with E-state index in [0.717, 1.165) is 23.9 Å². The summed E-state index contributed by atoms with van der Waals surface area (Å²) in [6.07, 6.45) is 4.38. The number of allylic oxidation sites excluding steroid dienone is 2. The number of rotatable bonds is 4. The molecule has 0 bridgehead atoms.